The Morgan fingerprint density at radius 3 is 3.05 bits per heavy atom. The second-order valence-corrected chi connectivity index (χ2v) is 7.91. The molecule has 2 aliphatic rings. The minimum Gasteiger partial charge on any atom is -0.493 e. The summed E-state index contributed by atoms with van der Waals surface area (Å²) in [6.45, 7) is 6.53. The summed E-state index contributed by atoms with van der Waals surface area (Å²) in [5, 5.41) is 3.75. The van der Waals surface area contributed by atoms with Gasteiger partial charge in [-0.3, -0.25) is 0 Å². The first-order valence-electron chi connectivity index (χ1n) is 7.71. The lowest BCUT2D eigenvalue weighted by Gasteiger charge is -2.35. The maximum absolute atomic E-state index is 5.80. The second kappa shape index (κ2) is 5.69. The quantitative estimate of drug-likeness (QED) is 0.880. The van der Waals surface area contributed by atoms with Crippen molar-refractivity contribution in [2.24, 2.45) is 5.41 Å². The van der Waals surface area contributed by atoms with Gasteiger partial charge in [0.05, 0.1) is 6.61 Å². The third-order valence-electron chi connectivity index (χ3n) is 4.61. The Morgan fingerprint density at radius 2 is 2.25 bits per heavy atom. The van der Waals surface area contributed by atoms with Crippen LogP contribution in [0.1, 0.15) is 50.7 Å². The molecular formula is C17H24BrNO. The van der Waals surface area contributed by atoms with Crippen LogP contribution in [0.2, 0.25) is 0 Å². The van der Waals surface area contributed by atoms with Crippen LogP contribution < -0.4 is 10.1 Å². The lowest BCUT2D eigenvalue weighted by atomic mass is 9.75. The van der Waals surface area contributed by atoms with Crippen molar-refractivity contribution in [1.29, 1.82) is 0 Å². The van der Waals surface area contributed by atoms with Gasteiger partial charge in [-0.1, -0.05) is 36.2 Å². The summed E-state index contributed by atoms with van der Waals surface area (Å²) in [5.74, 6) is 1.12. The van der Waals surface area contributed by atoms with Crippen molar-refractivity contribution >= 4 is 15.9 Å². The van der Waals surface area contributed by atoms with Gasteiger partial charge in [0, 0.05) is 29.0 Å². The summed E-state index contributed by atoms with van der Waals surface area (Å²) in [6, 6.07) is 5.04. The van der Waals surface area contributed by atoms with Crippen molar-refractivity contribution in [2.75, 3.05) is 6.61 Å². The molecule has 1 aliphatic carbocycles. The molecule has 1 atom stereocenters. The fourth-order valence-electron chi connectivity index (χ4n) is 3.60. The molecule has 3 heteroatoms. The fraction of sp³-hybridized carbons (Fsp3) is 0.647. The van der Waals surface area contributed by atoms with Gasteiger partial charge in [-0.2, -0.15) is 0 Å². The van der Waals surface area contributed by atoms with Crippen molar-refractivity contribution in [3.05, 3.63) is 27.7 Å². The van der Waals surface area contributed by atoms with Crippen molar-refractivity contribution in [3.8, 4) is 5.75 Å². The first kappa shape index (κ1) is 14.4. The molecule has 1 fully saturated rings. The molecule has 0 radical (unpaired) electrons. The zero-order valence-corrected chi connectivity index (χ0v) is 14.1. The highest BCUT2D eigenvalue weighted by atomic mass is 79.9. The van der Waals surface area contributed by atoms with Crippen molar-refractivity contribution < 1.29 is 4.74 Å². The molecule has 1 unspecified atom stereocenters. The molecule has 2 nitrogen and oxygen atoms in total. The number of hydrogen-bond acceptors (Lipinski definition) is 2. The van der Waals surface area contributed by atoms with Gasteiger partial charge in [0.25, 0.3) is 0 Å². The van der Waals surface area contributed by atoms with Crippen LogP contribution in [-0.2, 0) is 13.0 Å². The standard InChI is InChI=1S/C17H24BrNO/c1-17(2)6-3-4-15(10-17)19-11-13-9-14(18)8-12-5-7-20-16(12)13/h8-9,15,19H,3-7,10-11H2,1-2H3. The lowest BCUT2D eigenvalue weighted by molar-refractivity contribution is 0.197. The number of fused-ring (bicyclic) bond motifs is 1. The van der Waals surface area contributed by atoms with Gasteiger partial charge in [-0.15, -0.1) is 0 Å². The van der Waals surface area contributed by atoms with Gasteiger partial charge in [0.2, 0.25) is 0 Å². The van der Waals surface area contributed by atoms with Gasteiger partial charge in [-0.05, 0) is 42.4 Å². The predicted octanol–water partition coefficient (Wildman–Crippen LogP) is 4.44. The summed E-state index contributed by atoms with van der Waals surface area (Å²) in [5.41, 5.74) is 3.14. The van der Waals surface area contributed by atoms with E-state index in [2.05, 4.69) is 47.2 Å². The highest BCUT2D eigenvalue weighted by Crippen LogP contribution is 2.36. The smallest absolute Gasteiger partial charge is 0.127 e. The van der Waals surface area contributed by atoms with Gasteiger partial charge >= 0.3 is 0 Å². The Bertz CT molecular complexity index is 498. The van der Waals surface area contributed by atoms with E-state index < -0.39 is 0 Å². The number of ether oxygens (including phenoxy) is 1. The number of hydrogen-bond donors (Lipinski definition) is 1. The van der Waals surface area contributed by atoms with Crippen LogP contribution >= 0.6 is 15.9 Å². The van der Waals surface area contributed by atoms with E-state index in [0.29, 0.717) is 11.5 Å². The van der Waals surface area contributed by atoms with Gasteiger partial charge < -0.3 is 10.1 Å². The normalized spacial score (nSPS) is 24.2. The topological polar surface area (TPSA) is 21.3 Å². The zero-order chi connectivity index (χ0) is 14.2. The average Bonchev–Trinajstić information content (AvgIpc) is 2.82. The van der Waals surface area contributed by atoms with Crippen LogP contribution in [0.3, 0.4) is 0 Å². The van der Waals surface area contributed by atoms with E-state index in [0.717, 1.165) is 25.3 Å². The molecule has 1 N–H and O–H groups in total. The van der Waals surface area contributed by atoms with Gasteiger partial charge in [0.15, 0.2) is 0 Å². The molecule has 0 bridgehead atoms. The molecule has 0 aromatic heterocycles. The highest BCUT2D eigenvalue weighted by molar-refractivity contribution is 9.10. The number of nitrogens with one attached hydrogen (secondary N) is 1. The number of benzene rings is 1. The Labute approximate surface area is 130 Å². The summed E-state index contributed by atoms with van der Waals surface area (Å²) >= 11 is 3.62. The lowest BCUT2D eigenvalue weighted by Crippen LogP contribution is -2.36. The third kappa shape index (κ3) is 3.20. The Morgan fingerprint density at radius 1 is 1.40 bits per heavy atom. The Kier molecular flexibility index (Phi) is 4.09. The minimum atomic E-state index is 0.492. The summed E-state index contributed by atoms with van der Waals surface area (Å²) in [7, 11) is 0. The molecule has 0 amide bonds. The molecular weight excluding hydrogens is 314 g/mol. The molecule has 1 aromatic carbocycles. The van der Waals surface area contributed by atoms with E-state index in [1.165, 1.54) is 41.3 Å². The summed E-state index contributed by atoms with van der Waals surface area (Å²) < 4.78 is 6.97. The highest BCUT2D eigenvalue weighted by Gasteiger charge is 2.28. The second-order valence-electron chi connectivity index (χ2n) is 6.99. The minimum absolute atomic E-state index is 0.492. The molecule has 1 saturated carbocycles. The van der Waals surface area contributed by atoms with Crippen molar-refractivity contribution in [3.63, 3.8) is 0 Å². The first-order valence-corrected chi connectivity index (χ1v) is 8.50. The maximum Gasteiger partial charge on any atom is 0.127 e. The average molecular weight is 338 g/mol. The maximum atomic E-state index is 5.80. The molecule has 1 aliphatic heterocycles. The SMILES string of the molecule is CC1(C)CCCC(NCc2cc(Br)cc3c2OCC3)C1. The van der Waals surface area contributed by atoms with Crippen LogP contribution in [0.25, 0.3) is 0 Å². The summed E-state index contributed by atoms with van der Waals surface area (Å²) in [4.78, 5) is 0. The molecule has 0 saturated heterocycles. The van der Waals surface area contributed by atoms with E-state index in [1.807, 2.05) is 0 Å². The van der Waals surface area contributed by atoms with Crippen LogP contribution in [0.4, 0.5) is 0 Å². The molecule has 1 aromatic rings. The van der Waals surface area contributed by atoms with E-state index >= 15 is 0 Å². The van der Waals surface area contributed by atoms with Gasteiger partial charge in [0.1, 0.15) is 5.75 Å². The fourth-order valence-corrected chi connectivity index (χ4v) is 4.16. The summed E-state index contributed by atoms with van der Waals surface area (Å²) in [6.07, 6.45) is 6.33. The van der Waals surface area contributed by atoms with Gasteiger partial charge in [-0.25, -0.2) is 0 Å². The molecule has 20 heavy (non-hydrogen) atoms. The van der Waals surface area contributed by atoms with Crippen LogP contribution in [0, 0.1) is 5.41 Å². The largest absolute Gasteiger partial charge is 0.493 e. The zero-order valence-electron chi connectivity index (χ0n) is 12.5. The first-order chi connectivity index (χ1) is 9.53. The molecule has 0 spiro atoms. The number of halogens is 1. The van der Waals surface area contributed by atoms with Crippen LogP contribution in [-0.4, -0.2) is 12.6 Å². The van der Waals surface area contributed by atoms with E-state index in [4.69, 9.17) is 4.74 Å². The number of rotatable bonds is 3. The monoisotopic (exact) mass is 337 g/mol. The Hall–Kier alpha value is -0.540. The third-order valence-corrected chi connectivity index (χ3v) is 5.07. The van der Waals surface area contributed by atoms with Crippen LogP contribution in [0.5, 0.6) is 5.75 Å². The Balaban J connectivity index is 1.67. The van der Waals surface area contributed by atoms with E-state index in [9.17, 15) is 0 Å². The molecule has 3 rings (SSSR count). The van der Waals surface area contributed by atoms with E-state index in [1.54, 1.807) is 0 Å². The van der Waals surface area contributed by atoms with Crippen molar-refractivity contribution in [2.45, 2.75) is 58.5 Å². The molecule has 110 valence electrons. The molecule has 1 heterocycles. The van der Waals surface area contributed by atoms with Crippen molar-refractivity contribution in [1.82, 2.24) is 5.32 Å². The van der Waals surface area contributed by atoms with Crippen LogP contribution in [0.15, 0.2) is 16.6 Å². The predicted molar refractivity (Wildman–Crippen MR) is 86.2 cm³/mol. The van der Waals surface area contributed by atoms with E-state index in [-0.39, 0.29) is 0 Å².